The second-order valence-electron chi connectivity index (χ2n) is 4.87. The fourth-order valence-electron chi connectivity index (χ4n) is 1.78. The van der Waals surface area contributed by atoms with E-state index in [-0.39, 0.29) is 0 Å². The molecule has 1 aromatic rings. The summed E-state index contributed by atoms with van der Waals surface area (Å²) in [5, 5.41) is 0. The Morgan fingerprint density at radius 2 is 1.81 bits per heavy atom. The largest absolute Gasteiger partial charge is 0.369 e. The van der Waals surface area contributed by atoms with Gasteiger partial charge in [-0.25, -0.2) is 8.78 Å². The van der Waals surface area contributed by atoms with Crippen molar-refractivity contribution in [3.63, 3.8) is 0 Å². The van der Waals surface area contributed by atoms with Crippen LogP contribution in [0.5, 0.6) is 0 Å². The highest BCUT2D eigenvalue weighted by Crippen LogP contribution is 2.35. The standard InChI is InChI=1S/C12H15F2NO/c1-12(2,3)10(11(15)16)7-4-5-8(13)9(14)6-7/h4-6,10H,1-3H3,(H2,15,16). The Labute approximate surface area is 93.5 Å². The number of hydrogen-bond donors (Lipinski definition) is 1. The van der Waals surface area contributed by atoms with Gasteiger partial charge in [0.05, 0.1) is 5.92 Å². The monoisotopic (exact) mass is 227 g/mol. The molecule has 0 aromatic heterocycles. The molecule has 0 radical (unpaired) electrons. The fourth-order valence-corrected chi connectivity index (χ4v) is 1.78. The summed E-state index contributed by atoms with van der Waals surface area (Å²) in [4.78, 5) is 11.3. The molecule has 0 saturated heterocycles. The van der Waals surface area contributed by atoms with Crippen LogP contribution in [0.2, 0.25) is 0 Å². The van der Waals surface area contributed by atoms with Gasteiger partial charge in [0.2, 0.25) is 5.91 Å². The Morgan fingerprint density at radius 1 is 1.25 bits per heavy atom. The average molecular weight is 227 g/mol. The van der Waals surface area contributed by atoms with Gasteiger partial charge in [-0.05, 0) is 23.1 Å². The summed E-state index contributed by atoms with van der Waals surface area (Å²) in [7, 11) is 0. The van der Waals surface area contributed by atoms with Crippen molar-refractivity contribution in [2.45, 2.75) is 26.7 Å². The predicted octanol–water partition coefficient (Wildman–Crippen LogP) is 2.58. The topological polar surface area (TPSA) is 43.1 Å². The van der Waals surface area contributed by atoms with E-state index in [0.717, 1.165) is 12.1 Å². The lowest BCUT2D eigenvalue weighted by molar-refractivity contribution is -0.121. The zero-order valence-corrected chi connectivity index (χ0v) is 9.55. The first kappa shape index (κ1) is 12.6. The molecule has 0 fully saturated rings. The minimum atomic E-state index is -0.965. The number of carbonyl (C=O) groups is 1. The molecule has 1 rings (SSSR count). The van der Waals surface area contributed by atoms with Gasteiger partial charge in [-0.3, -0.25) is 4.79 Å². The molecule has 0 aliphatic rings. The predicted molar refractivity (Wildman–Crippen MR) is 57.7 cm³/mol. The van der Waals surface area contributed by atoms with E-state index in [9.17, 15) is 13.6 Å². The molecule has 4 heteroatoms. The van der Waals surface area contributed by atoms with Gasteiger partial charge in [-0.2, -0.15) is 0 Å². The van der Waals surface area contributed by atoms with Gasteiger partial charge in [0.15, 0.2) is 11.6 Å². The van der Waals surface area contributed by atoms with Crippen LogP contribution in [0.1, 0.15) is 32.3 Å². The van der Waals surface area contributed by atoms with Gasteiger partial charge in [0.1, 0.15) is 0 Å². The lowest BCUT2D eigenvalue weighted by Crippen LogP contribution is -2.31. The quantitative estimate of drug-likeness (QED) is 0.829. The maximum absolute atomic E-state index is 13.1. The molecule has 16 heavy (non-hydrogen) atoms. The number of amides is 1. The number of hydrogen-bond acceptors (Lipinski definition) is 1. The van der Waals surface area contributed by atoms with Crippen molar-refractivity contribution in [2.75, 3.05) is 0 Å². The number of rotatable bonds is 2. The molecule has 0 saturated carbocycles. The third kappa shape index (κ3) is 2.56. The summed E-state index contributed by atoms with van der Waals surface area (Å²) in [5.41, 5.74) is 5.26. The number of carbonyl (C=O) groups excluding carboxylic acids is 1. The maximum Gasteiger partial charge on any atom is 0.225 e. The summed E-state index contributed by atoms with van der Waals surface area (Å²) in [6.07, 6.45) is 0. The molecular formula is C12H15F2NO. The fraction of sp³-hybridized carbons (Fsp3) is 0.417. The van der Waals surface area contributed by atoms with E-state index in [4.69, 9.17) is 5.73 Å². The van der Waals surface area contributed by atoms with Crippen molar-refractivity contribution < 1.29 is 13.6 Å². The Morgan fingerprint density at radius 3 is 2.19 bits per heavy atom. The van der Waals surface area contributed by atoms with Crippen LogP contribution in [0.25, 0.3) is 0 Å². The maximum atomic E-state index is 13.1. The van der Waals surface area contributed by atoms with Crippen molar-refractivity contribution in [1.82, 2.24) is 0 Å². The molecule has 2 N–H and O–H groups in total. The molecule has 0 bridgehead atoms. The molecule has 0 heterocycles. The minimum absolute atomic E-state index is 0.402. The van der Waals surface area contributed by atoms with Gasteiger partial charge in [0, 0.05) is 0 Å². The first-order valence-corrected chi connectivity index (χ1v) is 4.97. The van der Waals surface area contributed by atoms with Crippen molar-refractivity contribution in [3.05, 3.63) is 35.4 Å². The van der Waals surface area contributed by atoms with E-state index in [1.807, 2.05) is 20.8 Å². The number of primary amides is 1. The van der Waals surface area contributed by atoms with Crippen LogP contribution >= 0.6 is 0 Å². The van der Waals surface area contributed by atoms with E-state index in [1.54, 1.807) is 0 Å². The lowest BCUT2D eigenvalue weighted by Gasteiger charge is -2.28. The van der Waals surface area contributed by atoms with Gasteiger partial charge in [-0.15, -0.1) is 0 Å². The van der Waals surface area contributed by atoms with Crippen molar-refractivity contribution >= 4 is 5.91 Å². The molecule has 1 aromatic carbocycles. The van der Waals surface area contributed by atoms with Crippen molar-refractivity contribution in [3.8, 4) is 0 Å². The van der Waals surface area contributed by atoms with E-state index in [2.05, 4.69) is 0 Å². The summed E-state index contributed by atoms with van der Waals surface area (Å²) < 4.78 is 25.8. The van der Waals surface area contributed by atoms with Gasteiger partial charge in [-0.1, -0.05) is 26.8 Å². The SMILES string of the molecule is CC(C)(C)C(C(N)=O)c1ccc(F)c(F)c1. The summed E-state index contributed by atoms with van der Waals surface area (Å²) in [6, 6.07) is 3.42. The van der Waals surface area contributed by atoms with Crippen LogP contribution < -0.4 is 5.73 Å². The first-order valence-electron chi connectivity index (χ1n) is 4.97. The molecule has 0 spiro atoms. The van der Waals surface area contributed by atoms with Gasteiger partial charge >= 0.3 is 0 Å². The Kier molecular flexibility index (Phi) is 3.31. The van der Waals surface area contributed by atoms with Crippen LogP contribution in [0, 0.1) is 17.0 Å². The number of benzene rings is 1. The van der Waals surface area contributed by atoms with Crippen LogP contribution in [-0.2, 0) is 4.79 Å². The summed E-state index contributed by atoms with van der Waals surface area (Å²) >= 11 is 0. The molecule has 88 valence electrons. The average Bonchev–Trinajstić information content (AvgIpc) is 2.08. The Hall–Kier alpha value is -1.45. The molecule has 1 unspecified atom stereocenters. The lowest BCUT2D eigenvalue weighted by atomic mass is 9.76. The van der Waals surface area contributed by atoms with Crippen LogP contribution in [-0.4, -0.2) is 5.91 Å². The zero-order valence-electron chi connectivity index (χ0n) is 9.55. The normalized spacial score (nSPS) is 13.6. The minimum Gasteiger partial charge on any atom is -0.369 e. The van der Waals surface area contributed by atoms with Gasteiger partial charge < -0.3 is 5.73 Å². The Bertz CT molecular complexity index is 410. The van der Waals surface area contributed by atoms with Crippen molar-refractivity contribution in [1.29, 1.82) is 0 Å². The van der Waals surface area contributed by atoms with Crippen LogP contribution in [0.3, 0.4) is 0 Å². The first-order chi connectivity index (χ1) is 7.23. The van der Waals surface area contributed by atoms with E-state index >= 15 is 0 Å². The molecular weight excluding hydrogens is 212 g/mol. The third-order valence-corrected chi connectivity index (χ3v) is 2.43. The van der Waals surface area contributed by atoms with Gasteiger partial charge in [0.25, 0.3) is 0 Å². The molecule has 1 amide bonds. The highest BCUT2D eigenvalue weighted by atomic mass is 19.2. The molecule has 0 aliphatic heterocycles. The molecule has 2 nitrogen and oxygen atoms in total. The molecule has 1 atom stereocenters. The highest BCUT2D eigenvalue weighted by Gasteiger charge is 2.31. The second-order valence-corrected chi connectivity index (χ2v) is 4.87. The summed E-state index contributed by atoms with van der Waals surface area (Å²) in [5.74, 6) is -3.07. The highest BCUT2D eigenvalue weighted by molar-refractivity contribution is 5.82. The van der Waals surface area contributed by atoms with Crippen LogP contribution in [0.15, 0.2) is 18.2 Å². The second kappa shape index (κ2) is 4.20. The van der Waals surface area contributed by atoms with Crippen molar-refractivity contribution in [2.24, 2.45) is 11.1 Å². The third-order valence-electron chi connectivity index (χ3n) is 2.43. The zero-order chi connectivity index (χ0) is 12.5. The van der Waals surface area contributed by atoms with E-state index < -0.39 is 28.9 Å². The van der Waals surface area contributed by atoms with E-state index in [1.165, 1.54) is 6.07 Å². The smallest absolute Gasteiger partial charge is 0.225 e. The number of halogens is 2. The molecule has 0 aliphatic carbocycles. The Balaban J connectivity index is 3.22. The summed E-state index contributed by atoms with van der Waals surface area (Å²) in [6.45, 7) is 5.47. The number of nitrogens with two attached hydrogens (primary N) is 1. The van der Waals surface area contributed by atoms with Crippen LogP contribution in [0.4, 0.5) is 8.78 Å². The van der Waals surface area contributed by atoms with E-state index in [0.29, 0.717) is 5.56 Å².